The number of carbonyl (C=O) groups excluding carboxylic acids is 11. The molecule has 2 saturated heterocycles. The lowest BCUT2D eigenvalue weighted by atomic mass is 10.0. The lowest BCUT2D eigenvalue weighted by Crippen LogP contribution is -2.62. The quantitative estimate of drug-likeness (QED) is 0.0117. The highest BCUT2D eigenvalue weighted by atomic mass is 32.1. The Morgan fingerprint density at radius 1 is 0.515 bits per heavy atom. The number of aliphatic imine (C=N–C) groups is 2. The molecule has 97 heavy (non-hydrogen) atoms. The van der Waals surface area contributed by atoms with Gasteiger partial charge in [-0.15, -0.1) is 0 Å². The number of hydrogen-bond acceptors (Lipinski definition) is 21. The molecule has 0 bridgehead atoms. The number of unbranched alkanes of at least 4 members (excludes halogenated alkanes) is 1. The lowest BCUT2D eigenvalue weighted by molar-refractivity contribution is -0.144. The fraction of sp³-hybridized carbons (Fsp3) is 0.724. The van der Waals surface area contributed by atoms with Gasteiger partial charge in [0.05, 0.1) is 25.2 Å². The van der Waals surface area contributed by atoms with E-state index in [9.17, 15) is 92.7 Å². The van der Waals surface area contributed by atoms with Gasteiger partial charge in [-0.25, -0.2) is 4.79 Å². The van der Waals surface area contributed by atoms with Crippen molar-refractivity contribution >= 4 is 107 Å². The second-order valence-corrected chi connectivity index (χ2v) is 24.8. The number of likely N-dealkylation sites (tertiary alicyclic amines) is 2. The van der Waals surface area contributed by atoms with E-state index in [1.54, 1.807) is 27.7 Å². The van der Waals surface area contributed by atoms with E-state index in [2.05, 4.69) is 70.5 Å². The van der Waals surface area contributed by atoms with Crippen LogP contribution in [0.4, 0.5) is 0 Å². The fourth-order valence-electron chi connectivity index (χ4n) is 10.5. The number of thiol groups is 1. The van der Waals surface area contributed by atoms with Gasteiger partial charge in [0.2, 0.25) is 65.0 Å². The molecular weight excluding hydrogens is 1300 g/mol. The van der Waals surface area contributed by atoms with Crippen molar-refractivity contribution < 1.29 is 92.7 Å². The van der Waals surface area contributed by atoms with Crippen LogP contribution < -0.4 is 82.3 Å². The maximum absolute atomic E-state index is 14.5. The summed E-state index contributed by atoms with van der Waals surface area (Å²) in [5.74, 6) is -16.7. The molecule has 26 N–H and O–H groups in total. The second kappa shape index (κ2) is 42.8. The number of carbonyl (C=O) groups is 14. The van der Waals surface area contributed by atoms with Crippen molar-refractivity contribution in [2.75, 3.05) is 45.1 Å². The van der Waals surface area contributed by atoms with E-state index in [0.717, 1.165) is 16.7 Å². The van der Waals surface area contributed by atoms with Crippen molar-refractivity contribution in [3.05, 3.63) is 0 Å². The van der Waals surface area contributed by atoms with E-state index in [1.807, 2.05) is 0 Å². The van der Waals surface area contributed by atoms with Gasteiger partial charge in [0.25, 0.3) is 0 Å². The average molecular weight is 1400 g/mol. The Labute approximate surface area is 566 Å². The number of aliphatic hydroxyl groups is 2. The normalized spacial score (nSPS) is 17.7. The number of carboxylic acids is 3. The summed E-state index contributed by atoms with van der Waals surface area (Å²) in [5.41, 5.74) is 33.2. The first-order valence-corrected chi connectivity index (χ1v) is 32.7. The van der Waals surface area contributed by atoms with Crippen LogP contribution in [0.5, 0.6) is 0 Å². The van der Waals surface area contributed by atoms with Crippen molar-refractivity contribution in [2.45, 2.75) is 210 Å². The summed E-state index contributed by atoms with van der Waals surface area (Å²) >= 11 is 4.25. The molecule has 0 unspecified atom stereocenters. The molecule has 13 atom stereocenters. The molecule has 2 fully saturated rings. The number of nitrogens with zero attached hydrogens (tertiary/aromatic N) is 4. The van der Waals surface area contributed by atoms with Crippen LogP contribution in [-0.2, 0) is 67.1 Å². The number of amides is 11. The van der Waals surface area contributed by atoms with Crippen molar-refractivity contribution in [3.63, 3.8) is 0 Å². The highest BCUT2D eigenvalue weighted by Gasteiger charge is 2.43. The highest BCUT2D eigenvalue weighted by molar-refractivity contribution is 7.80. The average Bonchev–Trinajstić information content (AvgIpc) is 1.76. The zero-order chi connectivity index (χ0) is 73.4. The third-order valence-electron chi connectivity index (χ3n) is 15.7. The number of carboxylic acid groups (broad SMARTS) is 3. The molecule has 0 saturated carbocycles. The van der Waals surface area contributed by atoms with Crippen molar-refractivity contribution in [1.82, 2.24) is 57.7 Å². The molecule has 39 heteroatoms. The summed E-state index contributed by atoms with van der Waals surface area (Å²) in [6.45, 7) is 6.88. The maximum atomic E-state index is 14.5. The Balaban J connectivity index is 2.34. The maximum Gasteiger partial charge on any atom is 0.326 e. The molecule has 2 aliphatic rings. The Morgan fingerprint density at radius 2 is 0.979 bits per heavy atom. The predicted molar refractivity (Wildman–Crippen MR) is 351 cm³/mol. The third kappa shape index (κ3) is 29.3. The van der Waals surface area contributed by atoms with Crippen LogP contribution in [-0.4, -0.2) is 254 Å². The number of hydrogen-bond donors (Lipinski definition) is 21. The monoisotopic (exact) mass is 1400 g/mol. The summed E-state index contributed by atoms with van der Waals surface area (Å²) in [6, 6.07) is -18.0. The summed E-state index contributed by atoms with van der Waals surface area (Å²) < 4.78 is 0. The van der Waals surface area contributed by atoms with Crippen LogP contribution in [0.15, 0.2) is 9.98 Å². The molecule has 2 rings (SSSR count). The number of nitrogens with two attached hydrogens (primary N) is 6. The molecule has 38 nitrogen and oxygen atoms in total. The number of guanidine groups is 2. The Morgan fingerprint density at radius 3 is 1.47 bits per heavy atom. The SMILES string of the molecule is CC(C)C[C@H](NC(=O)[C@@H]1CCCN1C(=O)[C@H](CS)NC(=O)[C@H](CC(=O)O)NC(=O)[C@@H](NC(=O)[C@@H](N)CCCN=C(N)N)C(C)C)C(=O)N[C@@H](CO)C(=O)N[C@@H](CCCN=C(N)N)C(=O)N1CCC[C@H]1C(=O)N[C@H](C(=O)N[C@@H](CCC(=O)O)C(=O)N[C@@H](CCCCN)C(=O)O)[C@@H](C)O. The zero-order valence-electron chi connectivity index (χ0n) is 55.4. The smallest absolute Gasteiger partial charge is 0.326 e. The fourth-order valence-corrected chi connectivity index (χ4v) is 10.7. The molecule has 0 aliphatic carbocycles. The van der Waals surface area contributed by atoms with Gasteiger partial charge in [-0.1, -0.05) is 27.7 Å². The molecule has 0 spiro atoms. The van der Waals surface area contributed by atoms with E-state index in [4.69, 9.17) is 34.4 Å². The van der Waals surface area contributed by atoms with Gasteiger partial charge in [-0.2, -0.15) is 12.6 Å². The molecule has 0 aromatic carbocycles. The van der Waals surface area contributed by atoms with Gasteiger partial charge in [0, 0.05) is 38.4 Å². The minimum atomic E-state index is -1.83. The zero-order valence-corrected chi connectivity index (χ0v) is 56.3. The second-order valence-electron chi connectivity index (χ2n) is 24.4. The van der Waals surface area contributed by atoms with Gasteiger partial charge >= 0.3 is 17.9 Å². The Bertz CT molecular complexity index is 2790. The number of aliphatic carboxylic acids is 3. The number of nitrogens with one attached hydrogen (secondary N) is 9. The summed E-state index contributed by atoms with van der Waals surface area (Å²) in [7, 11) is 0. The Hall–Kier alpha value is -8.69. The molecule has 2 heterocycles. The van der Waals surface area contributed by atoms with Gasteiger partial charge in [-0.05, 0) is 109 Å². The molecule has 11 amide bonds. The molecule has 548 valence electrons. The standard InChI is InChI=1S/C58H101N19O19S/c1-28(2)24-35(70-50(89)39-15-10-23-77(39)55(94)38(27-97)73-48(87)36(25-42(82)83)71-52(91)43(29(3)4)74-45(84)31(60)12-8-20-65-57(61)62)47(86)72-37(26-78)49(88)68-33(14-9-21-66-58(63)64)54(93)76-22-11-16-40(76)51(90)75-44(30(5)79)53(92)67-32(17-18-41(80)81)46(85)69-34(56(95)96)13-6-7-19-59/h28-40,43-44,78-79,97H,6-27,59-60H2,1-5H3,(H,67,92)(H,68,88)(H,69,85)(H,70,89)(H,71,91)(H,72,86)(H,73,87)(H,74,84)(H,75,90)(H,80,81)(H,82,83)(H,95,96)(H4,61,62,65)(H4,63,64,66)/t30-,31+,32+,33+,34+,35+,36+,37+,38+,39+,40+,43+,44+/m1/s1. The molecule has 0 radical (unpaired) electrons. The van der Waals surface area contributed by atoms with Gasteiger partial charge in [0.15, 0.2) is 11.9 Å². The first kappa shape index (κ1) is 84.4. The molecule has 0 aromatic rings. The lowest BCUT2D eigenvalue weighted by Gasteiger charge is -2.32. The van der Waals surface area contributed by atoms with E-state index in [-0.39, 0.29) is 114 Å². The summed E-state index contributed by atoms with van der Waals surface area (Å²) in [5, 5.41) is 71.9. The molecular formula is C58H101N19O19S. The number of aliphatic hydroxyl groups excluding tert-OH is 2. The summed E-state index contributed by atoms with van der Waals surface area (Å²) in [6.07, 6.45) is -2.42. The number of rotatable bonds is 44. The van der Waals surface area contributed by atoms with Crippen LogP contribution in [0.1, 0.15) is 131 Å². The van der Waals surface area contributed by atoms with E-state index < -0.39 is 193 Å². The first-order valence-electron chi connectivity index (χ1n) is 32.1. The van der Waals surface area contributed by atoms with Crippen LogP contribution >= 0.6 is 12.6 Å². The molecule has 0 aromatic heterocycles. The predicted octanol–water partition coefficient (Wildman–Crippen LogP) is -7.68. The van der Waals surface area contributed by atoms with Crippen LogP contribution in [0.2, 0.25) is 0 Å². The van der Waals surface area contributed by atoms with Crippen LogP contribution in [0.25, 0.3) is 0 Å². The van der Waals surface area contributed by atoms with Crippen molar-refractivity contribution in [1.29, 1.82) is 0 Å². The van der Waals surface area contributed by atoms with Crippen LogP contribution in [0, 0.1) is 11.8 Å². The topological polar surface area (TPSA) is 636 Å². The van der Waals surface area contributed by atoms with Gasteiger partial charge < -0.3 is 118 Å². The van der Waals surface area contributed by atoms with Gasteiger partial charge in [0.1, 0.15) is 66.5 Å². The highest BCUT2D eigenvalue weighted by Crippen LogP contribution is 2.23. The van der Waals surface area contributed by atoms with Crippen molar-refractivity contribution in [3.8, 4) is 0 Å². The van der Waals surface area contributed by atoms with Gasteiger partial charge in [-0.3, -0.25) is 72.3 Å². The largest absolute Gasteiger partial charge is 0.481 e. The van der Waals surface area contributed by atoms with E-state index in [1.165, 1.54) is 0 Å². The minimum Gasteiger partial charge on any atom is -0.481 e. The van der Waals surface area contributed by atoms with Crippen LogP contribution in [0.3, 0.4) is 0 Å². The first-order chi connectivity index (χ1) is 45.6. The van der Waals surface area contributed by atoms with E-state index >= 15 is 0 Å². The Kier molecular flexibility index (Phi) is 37.2. The minimum absolute atomic E-state index is 0.00907. The van der Waals surface area contributed by atoms with Crippen molar-refractivity contribution in [2.24, 2.45) is 56.2 Å². The van der Waals surface area contributed by atoms with E-state index in [0.29, 0.717) is 19.3 Å². The molecule has 2 aliphatic heterocycles. The third-order valence-corrected chi connectivity index (χ3v) is 16.0. The summed E-state index contributed by atoms with van der Waals surface area (Å²) in [4.78, 5) is 198.